The lowest BCUT2D eigenvalue weighted by atomic mass is 10.1. The molecule has 0 atom stereocenters. The van der Waals surface area contributed by atoms with E-state index in [1.165, 1.54) is 11.1 Å². The van der Waals surface area contributed by atoms with Gasteiger partial charge in [-0.15, -0.1) is 0 Å². The Balaban J connectivity index is 2.16. The SMILES string of the molecule is C=C(C)C(=O)OCCCCc1cccc(C)c1. The minimum Gasteiger partial charge on any atom is -0.462 e. The number of esters is 1. The van der Waals surface area contributed by atoms with Crippen molar-refractivity contribution in [2.45, 2.75) is 33.1 Å². The van der Waals surface area contributed by atoms with E-state index in [0.717, 1.165) is 19.3 Å². The molecule has 92 valence electrons. The summed E-state index contributed by atoms with van der Waals surface area (Å²) in [5, 5.41) is 0. The second-order valence-electron chi connectivity index (χ2n) is 4.36. The summed E-state index contributed by atoms with van der Waals surface area (Å²) in [6.07, 6.45) is 2.96. The summed E-state index contributed by atoms with van der Waals surface area (Å²) in [4.78, 5) is 11.1. The van der Waals surface area contributed by atoms with Gasteiger partial charge in [0.15, 0.2) is 0 Å². The molecule has 0 fully saturated rings. The average molecular weight is 232 g/mol. The van der Waals surface area contributed by atoms with Gasteiger partial charge in [0.1, 0.15) is 0 Å². The van der Waals surface area contributed by atoms with Crippen LogP contribution in [0.2, 0.25) is 0 Å². The van der Waals surface area contributed by atoms with Gasteiger partial charge >= 0.3 is 5.97 Å². The first-order valence-electron chi connectivity index (χ1n) is 5.98. The predicted molar refractivity (Wildman–Crippen MR) is 69.9 cm³/mol. The van der Waals surface area contributed by atoms with Crippen LogP contribution in [0.3, 0.4) is 0 Å². The van der Waals surface area contributed by atoms with Crippen molar-refractivity contribution in [2.24, 2.45) is 0 Å². The van der Waals surface area contributed by atoms with E-state index in [1.807, 2.05) is 0 Å². The molecule has 0 aliphatic rings. The lowest BCUT2D eigenvalue weighted by Gasteiger charge is -2.05. The third kappa shape index (κ3) is 5.34. The third-order valence-electron chi connectivity index (χ3n) is 2.52. The summed E-state index contributed by atoms with van der Waals surface area (Å²) in [5.41, 5.74) is 3.09. The van der Waals surface area contributed by atoms with Crippen molar-refractivity contribution in [3.63, 3.8) is 0 Å². The van der Waals surface area contributed by atoms with Gasteiger partial charge in [0.25, 0.3) is 0 Å². The van der Waals surface area contributed by atoms with Crippen molar-refractivity contribution >= 4 is 5.97 Å². The van der Waals surface area contributed by atoms with Crippen molar-refractivity contribution in [3.05, 3.63) is 47.5 Å². The van der Waals surface area contributed by atoms with Crippen LogP contribution >= 0.6 is 0 Å². The molecule has 0 amide bonds. The molecule has 0 aliphatic carbocycles. The second-order valence-corrected chi connectivity index (χ2v) is 4.36. The first-order valence-corrected chi connectivity index (χ1v) is 5.98. The van der Waals surface area contributed by atoms with Gasteiger partial charge in [-0.05, 0) is 38.7 Å². The molecule has 0 radical (unpaired) electrons. The highest BCUT2D eigenvalue weighted by molar-refractivity contribution is 5.86. The average Bonchev–Trinajstić information content (AvgIpc) is 2.28. The Hall–Kier alpha value is -1.57. The van der Waals surface area contributed by atoms with Crippen LogP contribution in [0.25, 0.3) is 0 Å². The number of hydrogen-bond donors (Lipinski definition) is 0. The fourth-order valence-corrected chi connectivity index (χ4v) is 1.59. The summed E-state index contributed by atoms with van der Waals surface area (Å²) in [6, 6.07) is 8.50. The molecule has 0 heterocycles. The van der Waals surface area contributed by atoms with Crippen LogP contribution in [0, 0.1) is 6.92 Å². The largest absolute Gasteiger partial charge is 0.462 e. The molecule has 2 nitrogen and oxygen atoms in total. The van der Waals surface area contributed by atoms with Crippen molar-refractivity contribution in [1.82, 2.24) is 0 Å². The topological polar surface area (TPSA) is 26.3 Å². The Kier molecular flexibility index (Phi) is 5.47. The van der Waals surface area contributed by atoms with Gasteiger partial charge in [0.2, 0.25) is 0 Å². The standard InChI is InChI=1S/C15H20O2/c1-12(2)15(16)17-10-5-4-8-14-9-6-7-13(3)11-14/h6-7,9,11H,1,4-5,8,10H2,2-3H3. The summed E-state index contributed by atoms with van der Waals surface area (Å²) < 4.78 is 5.03. The van der Waals surface area contributed by atoms with Gasteiger partial charge in [-0.1, -0.05) is 36.4 Å². The minimum absolute atomic E-state index is 0.291. The molecular weight excluding hydrogens is 212 g/mol. The molecule has 0 bridgehead atoms. The first kappa shape index (κ1) is 13.5. The maximum absolute atomic E-state index is 11.1. The van der Waals surface area contributed by atoms with Crippen molar-refractivity contribution in [2.75, 3.05) is 6.61 Å². The van der Waals surface area contributed by atoms with E-state index in [-0.39, 0.29) is 5.97 Å². The number of aryl methyl sites for hydroxylation is 2. The molecular formula is C15H20O2. The normalized spacial score (nSPS) is 10.0. The van der Waals surface area contributed by atoms with E-state index < -0.39 is 0 Å². The van der Waals surface area contributed by atoms with Crippen LogP contribution in [0.4, 0.5) is 0 Å². The monoisotopic (exact) mass is 232 g/mol. The minimum atomic E-state index is -0.291. The highest BCUT2D eigenvalue weighted by Gasteiger charge is 2.01. The summed E-state index contributed by atoms with van der Waals surface area (Å²) >= 11 is 0. The zero-order valence-corrected chi connectivity index (χ0v) is 10.7. The van der Waals surface area contributed by atoms with Crippen molar-refractivity contribution in [3.8, 4) is 0 Å². The number of carbonyl (C=O) groups is 1. The third-order valence-corrected chi connectivity index (χ3v) is 2.52. The number of hydrogen-bond acceptors (Lipinski definition) is 2. The molecule has 0 aliphatic heterocycles. The Labute approximate surface area is 103 Å². The fourth-order valence-electron chi connectivity index (χ4n) is 1.59. The molecule has 0 spiro atoms. The molecule has 0 saturated carbocycles. The van der Waals surface area contributed by atoms with Gasteiger partial charge in [-0.25, -0.2) is 4.79 Å². The number of benzene rings is 1. The second kappa shape index (κ2) is 6.89. The molecule has 17 heavy (non-hydrogen) atoms. The number of rotatable bonds is 6. The summed E-state index contributed by atoms with van der Waals surface area (Å²) in [7, 11) is 0. The van der Waals surface area contributed by atoms with E-state index in [1.54, 1.807) is 6.92 Å². The highest BCUT2D eigenvalue weighted by Crippen LogP contribution is 2.08. The Morgan fingerprint density at radius 1 is 1.35 bits per heavy atom. The van der Waals surface area contributed by atoms with Crippen LogP contribution in [0.1, 0.15) is 30.9 Å². The summed E-state index contributed by atoms with van der Waals surface area (Å²) in [5.74, 6) is -0.291. The predicted octanol–water partition coefficient (Wildman–Crippen LogP) is 3.44. The summed E-state index contributed by atoms with van der Waals surface area (Å²) in [6.45, 7) is 7.78. The first-order chi connectivity index (χ1) is 8.09. The molecule has 0 saturated heterocycles. The zero-order chi connectivity index (χ0) is 12.7. The fraction of sp³-hybridized carbons (Fsp3) is 0.400. The smallest absolute Gasteiger partial charge is 0.333 e. The van der Waals surface area contributed by atoms with Gasteiger partial charge in [0, 0.05) is 5.57 Å². The number of unbranched alkanes of at least 4 members (excludes halogenated alkanes) is 1. The Morgan fingerprint density at radius 2 is 2.12 bits per heavy atom. The van der Waals surface area contributed by atoms with E-state index in [2.05, 4.69) is 37.8 Å². The Morgan fingerprint density at radius 3 is 2.76 bits per heavy atom. The van der Waals surface area contributed by atoms with E-state index in [4.69, 9.17) is 4.74 Å². The molecule has 0 N–H and O–H groups in total. The van der Waals surface area contributed by atoms with Crippen LogP contribution in [0.15, 0.2) is 36.4 Å². The highest BCUT2D eigenvalue weighted by atomic mass is 16.5. The van der Waals surface area contributed by atoms with E-state index >= 15 is 0 Å². The van der Waals surface area contributed by atoms with Crippen LogP contribution in [-0.2, 0) is 16.0 Å². The number of ether oxygens (including phenoxy) is 1. The zero-order valence-electron chi connectivity index (χ0n) is 10.7. The van der Waals surface area contributed by atoms with E-state index in [0.29, 0.717) is 12.2 Å². The molecule has 0 unspecified atom stereocenters. The van der Waals surface area contributed by atoms with Crippen molar-refractivity contribution < 1.29 is 9.53 Å². The van der Waals surface area contributed by atoms with Gasteiger partial charge in [-0.2, -0.15) is 0 Å². The molecule has 1 aromatic rings. The molecule has 1 rings (SSSR count). The molecule has 2 heteroatoms. The van der Waals surface area contributed by atoms with Crippen LogP contribution in [-0.4, -0.2) is 12.6 Å². The van der Waals surface area contributed by atoms with Crippen LogP contribution < -0.4 is 0 Å². The maximum Gasteiger partial charge on any atom is 0.333 e. The lowest BCUT2D eigenvalue weighted by molar-refractivity contribution is -0.139. The van der Waals surface area contributed by atoms with Gasteiger partial charge in [-0.3, -0.25) is 0 Å². The van der Waals surface area contributed by atoms with E-state index in [9.17, 15) is 4.79 Å². The van der Waals surface area contributed by atoms with Crippen molar-refractivity contribution in [1.29, 1.82) is 0 Å². The maximum atomic E-state index is 11.1. The lowest BCUT2D eigenvalue weighted by Crippen LogP contribution is -2.06. The van der Waals surface area contributed by atoms with Crippen LogP contribution in [0.5, 0.6) is 0 Å². The molecule has 0 aromatic heterocycles. The quantitative estimate of drug-likeness (QED) is 0.426. The molecule has 1 aromatic carbocycles. The number of carbonyl (C=O) groups excluding carboxylic acids is 1. The van der Waals surface area contributed by atoms with Gasteiger partial charge < -0.3 is 4.74 Å². The van der Waals surface area contributed by atoms with Gasteiger partial charge in [0.05, 0.1) is 6.61 Å². The Bertz CT molecular complexity index is 394.